The highest BCUT2D eigenvalue weighted by Gasteiger charge is 2.43. The highest BCUT2D eigenvalue weighted by Crippen LogP contribution is 2.31. The quantitative estimate of drug-likeness (QED) is 0.440. The largest absolute Gasteiger partial charge is 0.394 e. The molecule has 1 aliphatic heterocycles. The number of para-hydroxylation sites is 1. The number of benzene rings is 1. The summed E-state index contributed by atoms with van der Waals surface area (Å²) in [5.41, 5.74) is 0.822. The molecule has 0 bridgehead atoms. The van der Waals surface area contributed by atoms with Crippen molar-refractivity contribution >= 4 is 34.4 Å². The fourth-order valence-corrected chi connectivity index (χ4v) is 4.52. The summed E-state index contributed by atoms with van der Waals surface area (Å²) >= 11 is 3.38. The van der Waals surface area contributed by atoms with Crippen LogP contribution < -0.4 is 0 Å². The molecule has 0 amide bonds. The first-order chi connectivity index (χ1) is 12.0. The molecule has 10 heteroatoms. The summed E-state index contributed by atoms with van der Waals surface area (Å²) in [6.07, 6.45) is -4.89. The van der Waals surface area contributed by atoms with Gasteiger partial charge in [-0.2, -0.15) is 0 Å². The lowest BCUT2D eigenvalue weighted by Crippen LogP contribution is -2.57. The fraction of sp³-hybridized carbons (Fsp3) is 0.467. The molecule has 1 aromatic carbocycles. The summed E-state index contributed by atoms with van der Waals surface area (Å²) in [6.45, 7) is -0.441. The zero-order valence-corrected chi connectivity index (χ0v) is 16.0. The minimum absolute atomic E-state index is 0.397. The van der Waals surface area contributed by atoms with E-state index in [2.05, 4.69) is 32.9 Å². The molecule has 1 saturated heterocycles. The molecule has 5 atom stereocenters. The Hall–Kier alpha value is -0.760. The molecule has 25 heavy (non-hydrogen) atoms. The van der Waals surface area contributed by atoms with Gasteiger partial charge in [0.15, 0.2) is 0 Å². The number of halogens is 1. The van der Waals surface area contributed by atoms with Crippen LogP contribution in [0, 0.1) is 3.70 Å². The molecular formula is C15H18IN3O5S. The molecule has 3 rings (SSSR count). The molecular weight excluding hydrogens is 461 g/mol. The third-order valence-corrected chi connectivity index (χ3v) is 6.15. The van der Waals surface area contributed by atoms with E-state index in [0.29, 0.717) is 11.4 Å². The van der Waals surface area contributed by atoms with E-state index >= 15 is 0 Å². The topological polar surface area (TPSA) is 121 Å². The first-order valence-corrected chi connectivity index (χ1v) is 9.73. The van der Waals surface area contributed by atoms with Crippen LogP contribution in [0.5, 0.6) is 0 Å². The Kier molecular flexibility index (Phi) is 6.30. The van der Waals surface area contributed by atoms with E-state index in [1.165, 1.54) is 11.8 Å². The first-order valence-electron chi connectivity index (χ1n) is 7.60. The Morgan fingerprint density at radius 2 is 1.84 bits per heavy atom. The van der Waals surface area contributed by atoms with Crippen LogP contribution in [-0.2, 0) is 10.5 Å². The smallest absolute Gasteiger partial charge is 0.132 e. The van der Waals surface area contributed by atoms with Gasteiger partial charge in [-0.3, -0.25) is 0 Å². The van der Waals surface area contributed by atoms with Crippen LogP contribution in [0.25, 0.3) is 5.69 Å². The number of hydrogen-bond donors (Lipinski definition) is 4. The lowest BCUT2D eigenvalue weighted by molar-refractivity contribution is -0.205. The second-order valence-corrected chi connectivity index (χ2v) is 7.69. The summed E-state index contributed by atoms with van der Waals surface area (Å²) in [4.78, 5) is 0. The average Bonchev–Trinajstić information content (AvgIpc) is 3.00. The Morgan fingerprint density at radius 3 is 2.52 bits per heavy atom. The maximum Gasteiger partial charge on any atom is 0.132 e. The van der Waals surface area contributed by atoms with Crippen molar-refractivity contribution in [3.63, 3.8) is 0 Å². The highest BCUT2D eigenvalue weighted by atomic mass is 127. The van der Waals surface area contributed by atoms with Gasteiger partial charge in [-0.1, -0.05) is 23.4 Å². The molecule has 1 aromatic heterocycles. The second kappa shape index (κ2) is 8.29. The Bertz CT molecular complexity index is 702. The third-order valence-electron chi connectivity index (χ3n) is 3.91. The van der Waals surface area contributed by atoms with Gasteiger partial charge in [-0.15, -0.1) is 16.9 Å². The summed E-state index contributed by atoms with van der Waals surface area (Å²) in [7, 11) is 0. The predicted molar refractivity (Wildman–Crippen MR) is 99.1 cm³/mol. The molecule has 2 aromatic rings. The monoisotopic (exact) mass is 479 g/mol. The molecule has 1 aliphatic rings. The third kappa shape index (κ3) is 3.99. The summed E-state index contributed by atoms with van der Waals surface area (Å²) in [6, 6.07) is 9.59. The number of thioether (sulfide) groups is 1. The van der Waals surface area contributed by atoms with Crippen molar-refractivity contribution in [2.75, 3.05) is 6.61 Å². The van der Waals surface area contributed by atoms with Gasteiger partial charge in [-0.05, 0) is 34.7 Å². The van der Waals surface area contributed by atoms with Gasteiger partial charge < -0.3 is 25.2 Å². The summed E-state index contributed by atoms with van der Waals surface area (Å²) < 4.78 is 8.03. The molecule has 0 radical (unpaired) electrons. The standard InChI is InChI=1S/C15H18IN3O5S/c16-14-9(17-18-19(14)8-4-2-1-3-5-8)7-25-15-13(23)12(22)11(21)10(6-20)24-15/h1-5,10-13,15,20-23H,6-7H2/t10-,11-,12+,13-,15+/m1/s1. The van der Waals surface area contributed by atoms with Crippen LogP contribution in [0.4, 0.5) is 0 Å². The van der Waals surface area contributed by atoms with E-state index in [-0.39, 0.29) is 0 Å². The zero-order chi connectivity index (χ0) is 18.0. The number of rotatable bonds is 5. The van der Waals surface area contributed by atoms with E-state index in [0.717, 1.165) is 9.39 Å². The van der Waals surface area contributed by atoms with E-state index in [1.54, 1.807) is 4.68 Å². The Morgan fingerprint density at radius 1 is 1.12 bits per heavy atom. The molecule has 8 nitrogen and oxygen atoms in total. The molecule has 4 N–H and O–H groups in total. The van der Waals surface area contributed by atoms with Gasteiger partial charge in [0.25, 0.3) is 0 Å². The van der Waals surface area contributed by atoms with Crippen LogP contribution in [-0.4, -0.2) is 71.9 Å². The molecule has 0 unspecified atom stereocenters. The van der Waals surface area contributed by atoms with Crippen molar-refractivity contribution in [3.8, 4) is 5.69 Å². The van der Waals surface area contributed by atoms with Crippen molar-refractivity contribution in [2.45, 2.75) is 35.6 Å². The van der Waals surface area contributed by atoms with Crippen molar-refractivity contribution in [3.05, 3.63) is 39.7 Å². The van der Waals surface area contributed by atoms with Gasteiger partial charge in [0.05, 0.1) is 12.3 Å². The summed E-state index contributed by atoms with van der Waals surface area (Å²) in [5.74, 6) is 0.397. The van der Waals surface area contributed by atoms with Gasteiger partial charge in [0, 0.05) is 5.75 Å². The molecule has 0 aliphatic carbocycles. The number of aliphatic hydroxyl groups is 4. The molecule has 0 saturated carbocycles. The fourth-order valence-electron chi connectivity index (χ4n) is 2.49. The number of aromatic nitrogens is 3. The van der Waals surface area contributed by atoms with Gasteiger partial charge in [0.1, 0.15) is 39.2 Å². The first kappa shape index (κ1) is 19.0. The van der Waals surface area contributed by atoms with Gasteiger partial charge >= 0.3 is 0 Å². The van der Waals surface area contributed by atoms with Crippen molar-refractivity contribution in [2.24, 2.45) is 0 Å². The van der Waals surface area contributed by atoms with Crippen LogP contribution in [0.2, 0.25) is 0 Å². The van der Waals surface area contributed by atoms with E-state index < -0.39 is 36.5 Å². The van der Waals surface area contributed by atoms with Crippen LogP contribution in [0.15, 0.2) is 30.3 Å². The maximum absolute atomic E-state index is 10.1. The van der Waals surface area contributed by atoms with Crippen molar-refractivity contribution < 1.29 is 25.2 Å². The van der Waals surface area contributed by atoms with E-state index in [4.69, 9.17) is 4.74 Å². The minimum Gasteiger partial charge on any atom is -0.394 e. The maximum atomic E-state index is 10.1. The number of ether oxygens (including phenoxy) is 1. The number of nitrogens with zero attached hydrogens (tertiary/aromatic N) is 3. The SMILES string of the molecule is OC[C@H]1O[C@@H](SCc2nnn(-c3ccccc3)c2I)[C@H](O)[C@@H](O)[C@@H]1O. The molecule has 2 heterocycles. The lowest BCUT2D eigenvalue weighted by Gasteiger charge is -2.39. The van der Waals surface area contributed by atoms with E-state index in [9.17, 15) is 20.4 Å². The molecule has 1 fully saturated rings. The van der Waals surface area contributed by atoms with E-state index in [1.807, 2.05) is 30.3 Å². The normalized spacial score (nSPS) is 29.7. The van der Waals surface area contributed by atoms with Crippen LogP contribution in [0.3, 0.4) is 0 Å². The highest BCUT2D eigenvalue weighted by molar-refractivity contribution is 14.1. The predicted octanol–water partition coefficient (Wildman–Crippen LogP) is -0.0950. The Balaban J connectivity index is 1.69. The zero-order valence-electron chi connectivity index (χ0n) is 13.0. The minimum atomic E-state index is -1.37. The van der Waals surface area contributed by atoms with Crippen LogP contribution in [0.1, 0.15) is 5.69 Å². The Labute approximate surface area is 162 Å². The van der Waals surface area contributed by atoms with Gasteiger partial charge in [-0.25, -0.2) is 4.68 Å². The average molecular weight is 479 g/mol. The summed E-state index contributed by atoms with van der Waals surface area (Å²) in [5, 5.41) is 47.2. The van der Waals surface area contributed by atoms with Crippen molar-refractivity contribution in [1.29, 1.82) is 0 Å². The van der Waals surface area contributed by atoms with Crippen LogP contribution >= 0.6 is 34.4 Å². The number of aliphatic hydroxyl groups excluding tert-OH is 4. The second-order valence-electron chi connectivity index (χ2n) is 5.58. The molecule has 0 spiro atoms. The molecule has 136 valence electrons. The lowest BCUT2D eigenvalue weighted by atomic mass is 10.0. The van der Waals surface area contributed by atoms with Gasteiger partial charge in [0.2, 0.25) is 0 Å². The number of hydrogen-bond acceptors (Lipinski definition) is 8. The van der Waals surface area contributed by atoms with Crippen molar-refractivity contribution in [1.82, 2.24) is 15.0 Å².